The number of thiophene rings is 1. The minimum absolute atomic E-state index is 0.964. The fourth-order valence-electron chi connectivity index (χ4n) is 1.80. The van der Waals surface area contributed by atoms with Crippen molar-refractivity contribution in [3.05, 3.63) is 46.4 Å². The summed E-state index contributed by atoms with van der Waals surface area (Å²) in [7, 11) is 0. The fourth-order valence-corrected chi connectivity index (χ4v) is 2.51. The van der Waals surface area contributed by atoms with Gasteiger partial charge in [0.25, 0.3) is 0 Å². The lowest BCUT2D eigenvalue weighted by Crippen LogP contribution is -2.18. The van der Waals surface area contributed by atoms with Crippen molar-refractivity contribution in [1.29, 1.82) is 0 Å². The number of nitrogens with one attached hydrogen (secondary N) is 1. The first-order valence-electron chi connectivity index (χ1n) is 5.77. The Balaban J connectivity index is 1.72. The van der Waals surface area contributed by atoms with E-state index >= 15 is 0 Å². The third kappa shape index (κ3) is 2.97. The van der Waals surface area contributed by atoms with Gasteiger partial charge < -0.3 is 9.88 Å². The van der Waals surface area contributed by atoms with Crippen molar-refractivity contribution in [2.75, 3.05) is 6.54 Å². The van der Waals surface area contributed by atoms with Crippen molar-refractivity contribution in [3.8, 4) is 0 Å². The molecule has 0 amide bonds. The first-order valence-corrected chi connectivity index (χ1v) is 6.65. The Hall–Kier alpha value is -1.06. The fraction of sp³-hybridized carbons (Fsp3) is 0.385. The van der Waals surface area contributed by atoms with E-state index in [1.54, 1.807) is 0 Å². The SMILES string of the molecule is CCn1cccc1CNCCc1cccs1. The van der Waals surface area contributed by atoms with E-state index in [9.17, 15) is 0 Å². The topological polar surface area (TPSA) is 17.0 Å². The highest BCUT2D eigenvalue weighted by Gasteiger charge is 1.98. The largest absolute Gasteiger partial charge is 0.351 e. The summed E-state index contributed by atoms with van der Waals surface area (Å²) < 4.78 is 2.28. The summed E-state index contributed by atoms with van der Waals surface area (Å²) in [6.07, 6.45) is 3.26. The highest BCUT2D eigenvalue weighted by Crippen LogP contribution is 2.08. The summed E-state index contributed by atoms with van der Waals surface area (Å²) in [4.78, 5) is 1.46. The van der Waals surface area contributed by atoms with Crippen LogP contribution in [0.2, 0.25) is 0 Å². The molecule has 0 aromatic carbocycles. The first kappa shape index (κ1) is 11.4. The second kappa shape index (κ2) is 5.87. The normalized spacial score (nSPS) is 10.8. The second-order valence-electron chi connectivity index (χ2n) is 3.79. The summed E-state index contributed by atoms with van der Waals surface area (Å²) in [6.45, 7) is 5.24. The van der Waals surface area contributed by atoms with Crippen molar-refractivity contribution in [1.82, 2.24) is 9.88 Å². The molecular formula is C13H18N2S. The number of rotatable bonds is 6. The zero-order chi connectivity index (χ0) is 11.2. The Bertz CT molecular complexity index is 403. The van der Waals surface area contributed by atoms with Gasteiger partial charge in [-0.25, -0.2) is 0 Å². The van der Waals surface area contributed by atoms with Gasteiger partial charge in [0, 0.05) is 36.4 Å². The van der Waals surface area contributed by atoms with Crippen LogP contribution in [0, 0.1) is 0 Å². The second-order valence-corrected chi connectivity index (χ2v) is 4.82. The lowest BCUT2D eigenvalue weighted by molar-refractivity contribution is 0.630. The van der Waals surface area contributed by atoms with Crippen molar-refractivity contribution in [2.45, 2.75) is 26.4 Å². The average Bonchev–Trinajstić information content (AvgIpc) is 2.95. The number of hydrogen-bond acceptors (Lipinski definition) is 2. The molecular weight excluding hydrogens is 216 g/mol. The average molecular weight is 234 g/mol. The Morgan fingerprint density at radius 3 is 3.00 bits per heavy atom. The van der Waals surface area contributed by atoms with Crippen molar-refractivity contribution in [3.63, 3.8) is 0 Å². The molecule has 1 N–H and O–H groups in total. The maximum absolute atomic E-state index is 3.49. The van der Waals surface area contributed by atoms with Gasteiger partial charge in [-0.2, -0.15) is 0 Å². The van der Waals surface area contributed by atoms with Gasteiger partial charge in [0.05, 0.1) is 0 Å². The predicted octanol–water partition coefficient (Wildman–Crippen LogP) is 2.90. The van der Waals surface area contributed by atoms with Gasteiger partial charge in [-0.3, -0.25) is 0 Å². The van der Waals surface area contributed by atoms with Crippen LogP contribution in [0.15, 0.2) is 35.8 Å². The lowest BCUT2D eigenvalue weighted by Gasteiger charge is -2.07. The molecule has 2 nitrogen and oxygen atoms in total. The molecule has 0 aliphatic carbocycles. The van der Waals surface area contributed by atoms with E-state index in [0.29, 0.717) is 0 Å². The van der Waals surface area contributed by atoms with Crippen LogP contribution < -0.4 is 5.32 Å². The molecule has 86 valence electrons. The zero-order valence-electron chi connectivity index (χ0n) is 9.65. The monoisotopic (exact) mass is 234 g/mol. The summed E-state index contributed by atoms with van der Waals surface area (Å²) in [5.74, 6) is 0. The zero-order valence-corrected chi connectivity index (χ0v) is 10.5. The van der Waals surface area contributed by atoms with Crippen molar-refractivity contribution < 1.29 is 0 Å². The van der Waals surface area contributed by atoms with E-state index in [1.807, 2.05) is 11.3 Å². The minimum Gasteiger partial charge on any atom is -0.351 e. The van der Waals surface area contributed by atoms with E-state index in [0.717, 1.165) is 26.1 Å². The van der Waals surface area contributed by atoms with Gasteiger partial charge >= 0.3 is 0 Å². The third-order valence-corrected chi connectivity index (χ3v) is 3.63. The lowest BCUT2D eigenvalue weighted by atomic mass is 10.3. The van der Waals surface area contributed by atoms with Crippen LogP contribution in [0.25, 0.3) is 0 Å². The highest BCUT2D eigenvalue weighted by atomic mass is 32.1. The highest BCUT2D eigenvalue weighted by molar-refractivity contribution is 7.09. The molecule has 0 saturated heterocycles. The molecule has 0 radical (unpaired) electrons. The molecule has 16 heavy (non-hydrogen) atoms. The molecule has 0 unspecified atom stereocenters. The first-order chi connectivity index (χ1) is 7.90. The molecule has 2 aromatic heterocycles. The molecule has 0 saturated carbocycles. The molecule has 2 rings (SSSR count). The third-order valence-electron chi connectivity index (χ3n) is 2.70. The standard InChI is InChI=1S/C13H18N2S/c1-2-15-9-3-5-12(15)11-14-8-7-13-6-4-10-16-13/h3-6,9-10,14H,2,7-8,11H2,1H3. The summed E-state index contributed by atoms with van der Waals surface area (Å²) >= 11 is 1.83. The van der Waals surface area contributed by atoms with Gasteiger partial charge in [-0.05, 0) is 36.9 Å². The molecule has 0 aliphatic rings. The van der Waals surface area contributed by atoms with Crippen LogP contribution in [0.1, 0.15) is 17.5 Å². The Morgan fingerprint density at radius 2 is 2.25 bits per heavy atom. The number of nitrogens with zero attached hydrogens (tertiary/aromatic N) is 1. The van der Waals surface area contributed by atoms with E-state index < -0.39 is 0 Å². The van der Waals surface area contributed by atoms with Crippen LogP contribution >= 0.6 is 11.3 Å². The van der Waals surface area contributed by atoms with E-state index in [4.69, 9.17) is 0 Å². The molecule has 0 bridgehead atoms. The van der Waals surface area contributed by atoms with Crippen LogP contribution in [-0.4, -0.2) is 11.1 Å². The Morgan fingerprint density at radius 1 is 1.31 bits per heavy atom. The van der Waals surface area contributed by atoms with Crippen LogP contribution in [0.5, 0.6) is 0 Å². The molecule has 0 aliphatic heterocycles. The number of hydrogen-bond donors (Lipinski definition) is 1. The van der Waals surface area contributed by atoms with Crippen LogP contribution in [0.4, 0.5) is 0 Å². The predicted molar refractivity (Wildman–Crippen MR) is 69.8 cm³/mol. The molecule has 2 aromatic rings. The molecule has 0 spiro atoms. The van der Waals surface area contributed by atoms with Gasteiger partial charge in [-0.15, -0.1) is 11.3 Å². The maximum Gasteiger partial charge on any atom is 0.0359 e. The summed E-state index contributed by atoms with van der Waals surface area (Å²) in [5, 5.41) is 5.62. The van der Waals surface area contributed by atoms with Gasteiger partial charge in [0.15, 0.2) is 0 Å². The molecule has 3 heteroatoms. The van der Waals surface area contributed by atoms with Crippen molar-refractivity contribution >= 4 is 11.3 Å². The Labute approximate surface area is 101 Å². The molecule has 0 atom stereocenters. The van der Waals surface area contributed by atoms with Crippen molar-refractivity contribution in [2.24, 2.45) is 0 Å². The number of aryl methyl sites for hydroxylation is 1. The number of aromatic nitrogens is 1. The summed E-state index contributed by atoms with van der Waals surface area (Å²) in [5.41, 5.74) is 1.37. The minimum atomic E-state index is 0.964. The Kier molecular flexibility index (Phi) is 4.19. The maximum atomic E-state index is 3.49. The van der Waals surface area contributed by atoms with E-state index in [1.165, 1.54) is 10.6 Å². The smallest absolute Gasteiger partial charge is 0.0359 e. The summed E-state index contributed by atoms with van der Waals surface area (Å²) in [6, 6.07) is 8.60. The van der Waals surface area contributed by atoms with E-state index in [2.05, 4.69) is 52.7 Å². The molecule has 2 heterocycles. The van der Waals surface area contributed by atoms with E-state index in [-0.39, 0.29) is 0 Å². The molecule has 0 fully saturated rings. The van der Waals surface area contributed by atoms with Crippen LogP contribution in [0.3, 0.4) is 0 Å². The van der Waals surface area contributed by atoms with Gasteiger partial charge in [-0.1, -0.05) is 6.07 Å². The van der Waals surface area contributed by atoms with Gasteiger partial charge in [0.1, 0.15) is 0 Å². The van der Waals surface area contributed by atoms with Gasteiger partial charge in [0.2, 0.25) is 0 Å². The quantitative estimate of drug-likeness (QED) is 0.760. The van der Waals surface area contributed by atoms with Crippen LogP contribution in [-0.2, 0) is 19.5 Å².